The van der Waals surface area contributed by atoms with E-state index >= 15 is 0 Å². The van der Waals surface area contributed by atoms with Gasteiger partial charge in [0.05, 0.1) is 24.2 Å². The fourth-order valence-corrected chi connectivity index (χ4v) is 8.01. The molecule has 2 aromatic carbocycles. The highest BCUT2D eigenvalue weighted by Gasteiger charge is 2.52. The van der Waals surface area contributed by atoms with Gasteiger partial charge in [0.15, 0.2) is 11.5 Å². The highest BCUT2D eigenvalue weighted by molar-refractivity contribution is 7.90. The van der Waals surface area contributed by atoms with Crippen LogP contribution >= 0.6 is 0 Å². The van der Waals surface area contributed by atoms with Crippen molar-refractivity contribution in [2.45, 2.75) is 61.2 Å². The molecule has 1 N–H and O–H groups in total. The van der Waals surface area contributed by atoms with E-state index in [0.29, 0.717) is 12.8 Å². The molecule has 0 aromatic heterocycles. The van der Waals surface area contributed by atoms with Gasteiger partial charge in [-0.15, -0.1) is 0 Å². The molecular weight excluding hydrogens is 492 g/mol. The molecule has 0 saturated carbocycles. The van der Waals surface area contributed by atoms with Gasteiger partial charge in [-0.25, -0.2) is 12.7 Å². The van der Waals surface area contributed by atoms with E-state index in [9.17, 15) is 18.3 Å². The van der Waals surface area contributed by atoms with E-state index < -0.39 is 22.0 Å². The fraction of sp³-hybridized carbons (Fsp3) is 0.464. The maximum Gasteiger partial charge on any atom is 0.269 e. The van der Waals surface area contributed by atoms with Gasteiger partial charge in [0, 0.05) is 25.1 Å². The van der Waals surface area contributed by atoms with Gasteiger partial charge in [-0.05, 0) is 56.1 Å². The van der Waals surface area contributed by atoms with Crippen molar-refractivity contribution >= 4 is 15.9 Å². The number of methoxy groups -OCH3 is 1. The van der Waals surface area contributed by atoms with E-state index in [4.69, 9.17) is 9.47 Å². The topological polar surface area (TPSA) is 96.4 Å². The normalized spacial score (nSPS) is 27.3. The Hall–Kier alpha value is -2.88. The predicted octanol–water partition coefficient (Wildman–Crippen LogP) is 3.24. The number of rotatable bonds is 7. The molecule has 2 aromatic rings. The Kier molecular flexibility index (Phi) is 6.05. The van der Waals surface area contributed by atoms with E-state index in [1.807, 2.05) is 12.1 Å². The molecule has 6 rings (SSSR count). The van der Waals surface area contributed by atoms with Gasteiger partial charge in [-0.1, -0.05) is 36.8 Å². The first-order valence-electron chi connectivity index (χ1n) is 13.0. The number of carbonyl (C=O) groups excluding carboxylic acids is 1. The summed E-state index contributed by atoms with van der Waals surface area (Å²) in [7, 11) is -2.08. The SMILES string of the molecule is COc1ccc2c3c1O[C@@H]1CC(O)C=CC31CCN(CCCCCN1C(=O)c3ccccc3S1(=O)=O)C2. The van der Waals surface area contributed by atoms with Gasteiger partial charge in [-0.3, -0.25) is 9.69 Å². The lowest BCUT2D eigenvalue weighted by atomic mass is 9.69. The number of aliphatic hydroxyl groups is 1. The van der Waals surface area contributed by atoms with Crippen molar-refractivity contribution in [3.05, 3.63) is 65.2 Å². The fourth-order valence-electron chi connectivity index (χ4n) is 6.41. The molecule has 0 bridgehead atoms. The van der Waals surface area contributed by atoms with Gasteiger partial charge < -0.3 is 14.6 Å². The molecule has 2 unspecified atom stereocenters. The maximum absolute atomic E-state index is 12.8. The minimum Gasteiger partial charge on any atom is -0.493 e. The maximum atomic E-state index is 12.8. The number of carbonyl (C=O) groups is 1. The quantitative estimate of drug-likeness (QED) is 0.439. The molecule has 0 fully saturated rings. The summed E-state index contributed by atoms with van der Waals surface area (Å²) in [6, 6.07) is 10.5. The summed E-state index contributed by atoms with van der Waals surface area (Å²) in [5.74, 6) is 1.12. The number of unbranched alkanes of at least 4 members (excludes halogenated alkanes) is 2. The number of hydrogen-bond donors (Lipinski definition) is 1. The molecule has 1 spiro atoms. The minimum absolute atomic E-state index is 0.110. The Balaban J connectivity index is 1.10. The molecule has 9 heteroatoms. The second kappa shape index (κ2) is 9.15. The molecule has 4 aliphatic rings. The molecule has 196 valence electrons. The van der Waals surface area contributed by atoms with Crippen molar-refractivity contribution in [2.24, 2.45) is 0 Å². The van der Waals surface area contributed by atoms with Gasteiger partial charge in [0.25, 0.3) is 15.9 Å². The molecule has 3 heterocycles. The van der Waals surface area contributed by atoms with E-state index in [1.54, 1.807) is 25.3 Å². The van der Waals surface area contributed by atoms with Gasteiger partial charge in [0.2, 0.25) is 0 Å². The Morgan fingerprint density at radius 3 is 2.76 bits per heavy atom. The summed E-state index contributed by atoms with van der Waals surface area (Å²) in [6.45, 7) is 2.78. The van der Waals surface area contributed by atoms with Crippen LogP contribution in [0.25, 0.3) is 0 Å². The Morgan fingerprint density at radius 1 is 1.14 bits per heavy atom. The average molecular weight is 525 g/mol. The molecule has 3 aliphatic heterocycles. The molecule has 1 amide bonds. The zero-order valence-electron chi connectivity index (χ0n) is 20.9. The monoisotopic (exact) mass is 524 g/mol. The second-order valence-electron chi connectivity index (χ2n) is 10.4. The first kappa shape index (κ1) is 24.5. The highest BCUT2D eigenvalue weighted by Crippen LogP contribution is 2.55. The van der Waals surface area contributed by atoms with Gasteiger partial charge >= 0.3 is 0 Å². The lowest BCUT2D eigenvalue weighted by Gasteiger charge is -2.36. The Bertz CT molecular complexity index is 1370. The summed E-state index contributed by atoms with van der Waals surface area (Å²) in [6.07, 6.45) is 7.27. The second-order valence-corrected chi connectivity index (χ2v) is 12.2. The number of sulfonamides is 1. The van der Waals surface area contributed by atoms with Crippen LogP contribution in [0.4, 0.5) is 0 Å². The Labute approximate surface area is 217 Å². The standard InChI is InChI=1S/C28H32N2O6S/c1-35-22-10-9-19-18-29(16-13-28-12-11-20(31)17-24(28)36-26(22)25(19)28)14-5-2-6-15-30-27(32)21-7-3-4-8-23(21)37(30,33)34/h3-4,7-12,20,24,31H,2,5-6,13-18H2,1H3/t20?,24-,28?/m1/s1. The summed E-state index contributed by atoms with van der Waals surface area (Å²) in [5.41, 5.74) is 2.43. The van der Waals surface area contributed by atoms with Crippen LogP contribution in [0, 0.1) is 0 Å². The molecule has 1 aliphatic carbocycles. The van der Waals surface area contributed by atoms with E-state index in [0.717, 1.165) is 54.7 Å². The first-order valence-corrected chi connectivity index (χ1v) is 14.4. The molecule has 0 saturated heterocycles. The predicted molar refractivity (Wildman–Crippen MR) is 137 cm³/mol. The van der Waals surface area contributed by atoms with Crippen molar-refractivity contribution < 1.29 is 27.8 Å². The first-order chi connectivity index (χ1) is 17.8. The lowest BCUT2D eigenvalue weighted by Crippen LogP contribution is -2.43. The summed E-state index contributed by atoms with van der Waals surface area (Å²) >= 11 is 0. The zero-order chi connectivity index (χ0) is 25.8. The van der Waals surface area contributed by atoms with Crippen LogP contribution in [-0.4, -0.2) is 67.6 Å². The van der Waals surface area contributed by atoms with Gasteiger partial charge in [-0.2, -0.15) is 0 Å². The third-order valence-corrected chi connectivity index (χ3v) is 10.1. The number of aliphatic hydroxyl groups excluding tert-OH is 1. The molecule has 37 heavy (non-hydrogen) atoms. The van der Waals surface area contributed by atoms with Crippen LogP contribution in [-0.2, 0) is 22.0 Å². The van der Waals surface area contributed by atoms with Gasteiger partial charge in [0.1, 0.15) is 11.0 Å². The number of ether oxygens (including phenoxy) is 2. The lowest BCUT2D eigenvalue weighted by molar-refractivity contribution is 0.0807. The van der Waals surface area contributed by atoms with E-state index in [-0.39, 0.29) is 28.5 Å². The van der Waals surface area contributed by atoms with Crippen molar-refractivity contribution in [1.29, 1.82) is 0 Å². The van der Waals surface area contributed by atoms with E-state index in [2.05, 4.69) is 17.0 Å². The molecule has 3 atom stereocenters. The van der Waals surface area contributed by atoms with Crippen LogP contribution in [0.3, 0.4) is 0 Å². The minimum atomic E-state index is -3.74. The number of nitrogens with zero attached hydrogens (tertiary/aromatic N) is 2. The van der Waals surface area contributed by atoms with Crippen molar-refractivity contribution in [3.63, 3.8) is 0 Å². The summed E-state index contributed by atoms with van der Waals surface area (Å²) < 4.78 is 38.5. The van der Waals surface area contributed by atoms with Crippen LogP contribution in [0.1, 0.15) is 53.6 Å². The molecular formula is C28H32N2O6S. The average Bonchev–Trinajstić information content (AvgIpc) is 3.24. The third-order valence-electron chi connectivity index (χ3n) is 8.28. The van der Waals surface area contributed by atoms with Crippen LogP contribution in [0.15, 0.2) is 53.4 Å². The molecule has 0 radical (unpaired) electrons. The number of hydrogen-bond acceptors (Lipinski definition) is 7. The van der Waals surface area contributed by atoms with Crippen LogP contribution in [0.2, 0.25) is 0 Å². The number of fused-ring (bicyclic) bond motifs is 1. The van der Waals surface area contributed by atoms with Crippen molar-refractivity contribution in [3.8, 4) is 11.5 Å². The zero-order valence-corrected chi connectivity index (χ0v) is 21.7. The highest BCUT2D eigenvalue weighted by atomic mass is 32.2. The third kappa shape index (κ3) is 3.86. The van der Waals surface area contributed by atoms with E-state index in [1.165, 1.54) is 17.2 Å². The number of amides is 1. The van der Waals surface area contributed by atoms with Crippen LogP contribution in [0.5, 0.6) is 11.5 Å². The van der Waals surface area contributed by atoms with Crippen molar-refractivity contribution in [2.75, 3.05) is 26.7 Å². The Morgan fingerprint density at radius 2 is 1.95 bits per heavy atom. The molecule has 8 nitrogen and oxygen atoms in total. The van der Waals surface area contributed by atoms with Crippen molar-refractivity contribution in [1.82, 2.24) is 9.21 Å². The summed E-state index contributed by atoms with van der Waals surface area (Å²) in [5, 5.41) is 10.3. The summed E-state index contributed by atoms with van der Waals surface area (Å²) in [4.78, 5) is 15.2. The largest absolute Gasteiger partial charge is 0.493 e. The van der Waals surface area contributed by atoms with Crippen LogP contribution < -0.4 is 9.47 Å². The smallest absolute Gasteiger partial charge is 0.269 e. The number of benzene rings is 2.